The first-order valence-electron chi connectivity index (χ1n) is 7.84. The summed E-state index contributed by atoms with van der Waals surface area (Å²) < 4.78 is 13.2. The number of aliphatic hydroxyl groups excluding tert-OH is 2. The maximum atomic E-state index is 13.2. The highest BCUT2D eigenvalue weighted by Crippen LogP contribution is 2.38. The Kier molecular flexibility index (Phi) is 8.46. The van der Waals surface area contributed by atoms with E-state index in [1.165, 1.54) is 0 Å². The van der Waals surface area contributed by atoms with Gasteiger partial charge in [-0.15, -0.1) is 0 Å². The standard InChI is InChI=1S/C16H27N2O4PS/c1-16(2,12-19)14(20)15(21)17-8-10-23(22,18-9-11-24)13-6-4-3-5-7-13/h3-7,14,19-20,24H,8-12H2,1-2H3,(H,17,21)(H,18,22)/t14-,23?/m0/s1. The second kappa shape index (κ2) is 9.59. The van der Waals surface area contributed by atoms with Gasteiger partial charge in [-0.05, 0) is 0 Å². The second-order valence-corrected chi connectivity index (χ2v) is 9.48. The first kappa shape index (κ1) is 21.2. The molecule has 24 heavy (non-hydrogen) atoms. The molecule has 0 saturated heterocycles. The Labute approximate surface area is 148 Å². The number of rotatable bonds is 10. The molecule has 0 aromatic heterocycles. The van der Waals surface area contributed by atoms with Crippen molar-refractivity contribution in [1.29, 1.82) is 0 Å². The molecule has 0 aliphatic heterocycles. The van der Waals surface area contributed by atoms with Crippen molar-refractivity contribution in [3.05, 3.63) is 30.3 Å². The van der Waals surface area contributed by atoms with Crippen LogP contribution in [0.2, 0.25) is 0 Å². The first-order chi connectivity index (χ1) is 11.3. The van der Waals surface area contributed by atoms with Crippen LogP contribution in [0.25, 0.3) is 0 Å². The third-order valence-corrected chi connectivity index (χ3v) is 6.72. The van der Waals surface area contributed by atoms with E-state index in [9.17, 15) is 19.6 Å². The lowest BCUT2D eigenvalue weighted by Gasteiger charge is -2.27. The van der Waals surface area contributed by atoms with Gasteiger partial charge in [0.25, 0.3) is 0 Å². The van der Waals surface area contributed by atoms with Crippen LogP contribution in [0, 0.1) is 5.41 Å². The fourth-order valence-electron chi connectivity index (χ4n) is 2.07. The van der Waals surface area contributed by atoms with Gasteiger partial charge in [0, 0.05) is 35.7 Å². The number of carbonyl (C=O) groups excluding carboxylic acids is 1. The SMILES string of the molecule is CC(C)(CO)[C@@H](O)C(=O)NCCP(=O)(NCCS)c1ccccc1. The van der Waals surface area contributed by atoms with Crippen molar-refractivity contribution in [2.45, 2.75) is 20.0 Å². The molecule has 1 rings (SSSR count). The molecule has 0 fully saturated rings. The van der Waals surface area contributed by atoms with E-state index in [0.29, 0.717) is 17.6 Å². The Balaban J connectivity index is 2.70. The monoisotopic (exact) mass is 374 g/mol. The van der Waals surface area contributed by atoms with Gasteiger partial charge in [-0.25, -0.2) is 0 Å². The maximum absolute atomic E-state index is 13.2. The summed E-state index contributed by atoms with van der Waals surface area (Å²) in [5.74, 6) is -0.0325. The van der Waals surface area contributed by atoms with Gasteiger partial charge in [-0.3, -0.25) is 9.88 Å². The van der Waals surface area contributed by atoms with Crippen molar-refractivity contribution in [3.8, 4) is 0 Å². The highest BCUT2D eigenvalue weighted by molar-refractivity contribution is 7.80. The Morgan fingerprint density at radius 1 is 1.29 bits per heavy atom. The van der Waals surface area contributed by atoms with Crippen LogP contribution in [-0.2, 0) is 9.36 Å². The Morgan fingerprint density at radius 2 is 1.92 bits per heavy atom. The molecule has 1 amide bonds. The zero-order valence-corrected chi connectivity index (χ0v) is 15.9. The lowest BCUT2D eigenvalue weighted by molar-refractivity contribution is -0.136. The predicted octanol–water partition coefficient (Wildman–Crippen LogP) is 0.605. The van der Waals surface area contributed by atoms with Crippen LogP contribution < -0.4 is 15.7 Å². The van der Waals surface area contributed by atoms with Crippen LogP contribution in [0.3, 0.4) is 0 Å². The summed E-state index contributed by atoms with van der Waals surface area (Å²) in [5, 5.41) is 25.5. The molecule has 0 aliphatic rings. The summed E-state index contributed by atoms with van der Waals surface area (Å²) in [6, 6.07) is 9.06. The fourth-order valence-corrected chi connectivity index (χ4v) is 4.51. The molecule has 0 radical (unpaired) electrons. The van der Waals surface area contributed by atoms with Crippen LogP contribution in [0.5, 0.6) is 0 Å². The largest absolute Gasteiger partial charge is 0.396 e. The van der Waals surface area contributed by atoms with Crippen molar-refractivity contribution in [1.82, 2.24) is 10.4 Å². The predicted molar refractivity (Wildman–Crippen MR) is 100 cm³/mol. The highest BCUT2D eigenvalue weighted by Gasteiger charge is 2.33. The molecule has 0 spiro atoms. The summed E-state index contributed by atoms with van der Waals surface area (Å²) >= 11 is 4.13. The van der Waals surface area contributed by atoms with E-state index < -0.39 is 24.7 Å². The van der Waals surface area contributed by atoms with Gasteiger partial charge >= 0.3 is 0 Å². The van der Waals surface area contributed by atoms with Crippen molar-refractivity contribution >= 4 is 31.1 Å². The number of amides is 1. The number of thiol groups is 1. The van der Waals surface area contributed by atoms with Gasteiger partial charge in [-0.2, -0.15) is 12.6 Å². The minimum absolute atomic E-state index is 0.156. The molecule has 1 unspecified atom stereocenters. The maximum Gasteiger partial charge on any atom is 0.249 e. The molecule has 0 saturated carbocycles. The van der Waals surface area contributed by atoms with E-state index in [4.69, 9.17) is 0 Å². The molecule has 2 atom stereocenters. The van der Waals surface area contributed by atoms with Crippen molar-refractivity contribution < 1.29 is 19.6 Å². The molecular weight excluding hydrogens is 347 g/mol. The van der Waals surface area contributed by atoms with E-state index in [2.05, 4.69) is 23.0 Å². The smallest absolute Gasteiger partial charge is 0.249 e. The average Bonchev–Trinajstić information content (AvgIpc) is 2.59. The van der Waals surface area contributed by atoms with Gasteiger partial charge in [0.2, 0.25) is 5.91 Å². The zero-order chi connectivity index (χ0) is 18.2. The second-order valence-electron chi connectivity index (χ2n) is 6.27. The molecule has 0 aliphatic carbocycles. The minimum Gasteiger partial charge on any atom is -0.396 e. The average molecular weight is 374 g/mol. The van der Waals surface area contributed by atoms with Crippen LogP contribution >= 0.6 is 19.9 Å². The molecule has 8 heteroatoms. The molecule has 4 N–H and O–H groups in total. The topological polar surface area (TPSA) is 98.7 Å². The zero-order valence-electron chi connectivity index (χ0n) is 14.1. The third kappa shape index (κ3) is 5.90. The molecule has 0 bridgehead atoms. The Hall–Kier alpha value is -0.850. The normalized spacial score (nSPS) is 15.5. The lowest BCUT2D eigenvalue weighted by Crippen LogP contribution is -2.46. The summed E-state index contributed by atoms with van der Waals surface area (Å²) in [4.78, 5) is 12.0. The highest BCUT2D eigenvalue weighted by atomic mass is 32.1. The van der Waals surface area contributed by atoms with Crippen LogP contribution in [-0.4, -0.2) is 53.8 Å². The van der Waals surface area contributed by atoms with Gasteiger partial charge in [0.05, 0.1) is 6.61 Å². The number of benzene rings is 1. The molecular formula is C16H27N2O4PS. The number of hydrogen-bond acceptors (Lipinski definition) is 5. The number of hydrogen-bond donors (Lipinski definition) is 5. The van der Waals surface area contributed by atoms with E-state index in [-0.39, 0.29) is 19.3 Å². The van der Waals surface area contributed by atoms with Gasteiger partial charge < -0.3 is 20.1 Å². The van der Waals surface area contributed by atoms with E-state index in [0.717, 1.165) is 0 Å². The van der Waals surface area contributed by atoms with Crippen LogP contribution in [0.4, 0.5) is 0 Å². The molecule has 1 aromatic carbocycles. The number of aliphatic hydroxyl groups is 2. The third-order valence-electron chi connectivity index (χ3n) is 3.77. The Morgan fingerprint density at radius 3 is 2.46 bits per heavy atom. The van der Waals surface area contributed by atoms with Gasteiger partial charge in [-0.1, -0.05) is 44.2 Å². The first-order valence-corrected chi connectivity index (χ1v) is 10.4. The van der Waals surface area contributed by atoms with Gasteiger partial charge in [0.15, 0.2) is 7.29 Å². The van der Waals surface area contributed by atoms with Crippen LogP contribution in [0.1, 0.15) is 13.8 Å². The lowest BCUT2D eigenvalue weighted by atomic mass is 9.87. The van der Waals surface area contributed by atoms with Crippen molar-refractivity contribution in [2.75, 3.05) is 31.6 Å². The molecule has 1 aromatic rings. The summed E-state index contributed by atoms with van der Waals surface area (Å²) in [6.45, 7) is 3.53. The van der Waals surface area contributed by atoms with E-state index >= 15 is 0 Å². The summed E-state index contributed by atoms with van der Waals surface area (Å²) in [5.41, 5.74) is -0.933. The molecule has 136 valence electrons. The van der Waals surface area contributed by atoms with Crippen molar-refractivity contribution in [2.24, 2.45) is 5.41 Å². The van der Waals surface area contributed by atoms with Crippen molar-refractivity contribution in [3.63, 3.8) is 0 Å². The van der Waals surface area contributed by atoms with E-state index in [1.807, 2.05) is 18.2 Å². The van der Waals surface area contributed by atoms with E-state index in [1.54, 1.807) is 26.0 Å². The quantitative estimate of drug-likeness (QED) is 0.305. The van der Waals surface area contributed by atoms with Crippen LogP contribution in [0.15, 0.2) is 30.3 Å². The minimum atomic E-state index is -2.87. The molecule has 0 heterocycles. The molecule has 6 nitrogen and oxygen atoms in total. The fraction of sp³-hybridized carbons (Fsp3) is 0.562. The summed E-state index contributed by atoms with van der Waals surface area (Å²) in [6.07, 6.45) is -1.10. The van der Waals surface area contributed by atoms with Gasteiger partial charge in [0.1, 0.15) is 6.10 Å². The number of nitrogens with one attached hydrogen (secondary N) is 2. The number of carbonyl (C=O) groups is 1. The Bertz CT molecular complexity index is 568. The summed E-state index contributed by atoms with van der Waals surface area (Å²) in [7, 11) is -2.87.